The summed E-state index contributed by atoms with van der Waals surface area (Å²) in [4.78, 5) is 18.3. The van der Waals surface area contributed by atoms with Gasteiger partial charge in [-0.15, -0.1) is 0 Å². The number of nitrogens with two attached hydrogens (primary N) is 1. The number of anilines is 1. The summed E-state index contributed by atoms with van der Waals surface area (Å²) >= 11 is 0. The molecule has 108 valence electrons. The summed E-state index contributed by atoms with van der Waals surface area (Å²) in [5.41, 5.74) is 8.25. The van der Waals surface area contributed by atoms with E-state index in [1.807, 2.05) is 11.0 Å². The van der Waals surface area contributed by atoms with Crippen LogP contribution in [0.15, 0.2) is 34.9 Å². The van der Waals surface area contributed by atoms with E-state index in [0.717, 1.165) is 19.4 Å². The van der Waals surface area contributed by atoms with E-state index in [1.165, 1.54) is 23.7 Å². The molecule has 2 aliphatic rings. The van der Waals surface area contributed by atoms with Crippen LogP contribution in [-0.4, -0.2) is 22.3 Å². The van der Waals surface area contributed by atoms with Gasteiger partial charge < -0.3 is 15.1 Å². The fourth-order valence-corrected chi connectivity index (χ4v) is 3.60. The van der Waals surface area contributed by atoms with E-state index in [0.29, 0.717) is 6.54 Å². The summed E-state index contributed by atoms with van der Waals surface area (Å²) in [6.07, 6.45) is 4.93. The van der Waals surface area contributed by atoms with Crippen molar-refractivity contribution in [3.05, 3.63) is 47.3 Å². The Bertz CT molecular complexity index is 703. The highest BCUT2D eigenvalue weighted by Crippen LogP contribution is 2.48. The van der Waals surface area contributed by atoms with Gasteiger partial charge in [-0.3, -0.25) is 4.79 Å². The van der Waals surface area contributed by atoms with Crippen molar-refractivity contribution in [2.45, 2.75) is 31.2 Å². The van der Waals surface area contributed by atoms with E-state index < -0.39 is 0 Å². The van der Waals surface area contributed by atoms with Crippen LogP contribution < -0.4 is 5.73 Å². The maximum Gasteiger partial charge on any atom is 0.292 e. The second kappa shape index (κ2) is 4.35. The number of nitrogens with zero attached hydrogens (tertiary/aromatic N) is 2. The summed E-state index contributed by atoms with van der Waals surface area (Å²) < 4.78 is 5.18. The third-order valence-electron chi connectivity index (χ3n) is 4.78. The van der Waals surface area contributed by atoms with Crippen molar-refractivity contribution in [1.29, 1.82) is 0 Å². The molecule has 5 nitrogen and oxygen atoms in total. The first kappa shape index (κ1) is 12.4. The molecule has 0 atom stereocenters. The van der Waals surface area contributed by atoms with Gasteiger partial charge in [-0.05, 0) is 24.0 Å². The summed E-state index contributed by atoms with van der Waals surface area (Å²) in [5.74, 6) is 0.0985. The van der Waals surface area contributed by atoms with Gasteiger partial charge in [0.05, 0.1) is 6.20 Å². The molecular weight excluding hydrogens is 266 g/mol. The van der Waals surface area contributed by atoms with Crippen LogP contribution in [-0.2, 0) is 12.0 Å². The molecule has 0 radical (unpaired) electrons. The smallest absolute Gasteiger partial charge is 0.292 e. The van der Waals surface area contributed by atoms with Gasteiger partial charge in [0.1, 0.15) is 0 Å². The molecule has 1 aliphatic heterocycles. The summed E-state index contributed by atoms with van der Waals surface area (Å²) in [7, 11) is 0. The number of amides is 1. The van der Waals surface area contributed by atoms with Gasteiger partial charge >= 0.3 is 0 Å². The molecule has 0 bridgehead atoms. The number of hydrogen-bond acceptors (Lipinski definition) is 4. The van der Waals surface area contributed by atoms with E-state index in [2.05, 4.69) is 23.2 Å². The van der Waals surface area contributed by atoms with Crippen LogP contribution in [0, 0.1) is 0 Å². The topological polar surface area (TPSA) is 72.4 Å². The van der Waals surface area contributed by atoms with Gasteiger partial charge in [0.15, 0.2) is 0 Å². The predicted molar refractivity (Wildman–Crippen MR) is 77.6 cm³/mol. The molecule has 2 heterocycles. The van der Waals surface area contributed by atoms with Crippen LogP contribution in [0.3, 0.4) is 0 Å². The fourth-order valence-electron chi connectivity index (χ4n) is 3.60. The number of rotatable bonds is 1. The van der Waals surface area contributed by atoms with E-state index in [1.54, 1.807) is 0 Å². The molecule has 1 aromatic heterocycles. The van der Waals surface area contributed by atoms with Gasteiger partial charge in [0, 0.05) is 18.5 Å². The molecule has 21 heavy (non-hydrogen) atoms. The number of aromatic nitrogens is 1. The lowest BCUT2D eigenvalue weighted by molar-refractivity contribution is 0.0558. The van der Waals surface area contributed by atoms with Gasteiger partial charge in [-0.1, -0.05) is 30.7 Å². The number of carbonyl (C=O) groups excluding carboxylic acids is 1. The highest BCUT2D eigenvalue weighted by atomic mass is 16.4. The van der Waals surface area contributed by atoms with E-state index in [4.69, 9.17) is 10.2 Å². The Morgan fingerprint density at radius 2 is 2.14 bits per heavy atom. The zero-order valence-corrected chi connectivity index (χ0v) is 11.7. The Labute approximate surface area is 122 Å². The molecule has 0 saturated heterocycles. The first-order valence-electron chi connectivity index (χ1n) is 7.27. The molecule has 0 unspecified atom stereocenters. The van der Waals surface area contributed by atoms with E-state index in [9.17, 15) is 4.79 Å². The van der Waals surface area contributed by atoms with Crippen molar-refractivity contribution in [1.82, 2.24) is 9.88 Å². The van der Waals surface area contributed by atoms with Crippen LogP contribution in [0.2, 0.25) is 0 Å². The number of fused-ring (bicyclic) bond motifs is 2. The SMILES string of the molecule is Nc1ncc(C(=O)N2Cc3ccccc3C3(CCC3)C2)o1. The summed E-state index contributed by atoms with van der Waals surface area (Å²) in [6, 6.07) is 8.49. The number of carbonyl (C=O) groups is 1. The van der Waals surface area contributed by atoms with E-state index in [-0.39, 0.29) is 23.1 Å². The lowest BCUT2D eigenvalue weighted by Gasteiger charge is -2.49. The summed E-state index contributed by atoms with van der Waals surface area (Å²) in [6.45, 7) is 1.38. The largest absolute Gasteiger partial charge is 0.418 e. The Kier molecular flexibility index (Phi) is 2.58. The standard InChI is InChI=1S/C16H17N3O2/c17-15-18-8-13(21-15)14(20)19-9-11-4-1-2-5-12(11)16(10-19)6-3-7-16/h1-2,4-5,8H,3,6-7,9-10H2,(H2,17,18). The number of benzene rings is 1. The molecule has 1 spiro atoms. The highest BCUT2D eigenvalue weighted by Gasteiger charge is 2.45. The van der Waals surface area contributed by atoms with Gasteiger partial charge in [-0.2, -0.15) is 0 Å². The quantitative estimate of drug-likeness (QED) is 0.872. The zero-order chi connectivity index (χ0) is 14.4. The average Bonchev–Trinajstić information content (AvgIpc) is 2.90. The number of hydrogen-bond donors (Lipinski definition) is 1. The van der Waals surface area contributed by atoms with Gasteiger partial charge in [0.2, 0.25) is 5.76 Å². The molecule has 1 amide bonds. The second-order valence-electron chi connectivity index (χ2n) is 6.01. The van der Waals surface area contributed by atoms with Crippen LogP contribution >= 0.6 is 0 Å². The Balaban J connectivity index is 1.69. The van der Waals surface area contributed by atoms with Crippen molar-refractivity contribution in [3.63, 3.8) is 0 Å². The maximum absolute atomic E-state index is 12.6. The third-order valence-corrected chi connectivity index (χ3v) is 4.78. The Morgan fingerprint density at radius 3 is 2.81 bits per heavy atom. The second-order valence-corrected chi connectivity index (χ2v) is 6.01. The highest BCUT2D eigenvalue weighted by molar-refractivity contribution is 5.91. The molecule has 4 rings (SSSR count). The average molecular weight is 283 g/mol. The van der Waals surface area contributed by atoms with Gasteiger partial charge in [0.25, 0.3) is 11.9 Å². The maximum atomic E-state index is 12.6. The van der Waals surface area contributed by atoms with Crippen LogP contribution in [0.1, 0.15) is 40.9 Å². The van der Waals surface area contributed by atoms with Crippen molar-refractivity contribution in [3.8, 4) is 0 Å². The Morgan fingerprint density at radius 1 is 1.33 bits per heavy atom. The molecule has 2 aromatic rings. The fraction of sp³-hybridized carbons (Fsp3) is 0.375. The lowest BCUT2D eigenvalue weighted by Crippen LogP contribution is -2.51. The molecule has 2 N–H and O–H groups in total. The first-order valence-corrected chi connectivity index (χ1v) is 7.27. The normalized spacial score (nSPS) is 19.1. The minimum atomic E-state index is -0.125. The van der Waals surface area contributed by atoms with Crippen LogP contribution in [0.4, 0.5) is 6.01 Å². The van der Waals surface area contributed by atoms with Crippen LogP contribution in [0.5, 0.6) is 0 Å². The van der Waals surface area contributed by atoms with Gasteiger partial charge in [-0.25, -0.2) is 4.98 Å². The van der Waals surface area contributed by atoms with E-state index >= 15 is 0 Å². The predicted octanol–water partition coefficient (Wildman–Crippen LogP) is 2.33. The molecule has 1 aliphatic carbocycles. The monoisotopic (exact) mass is 283 g/mol. The van der Waals surface area contributed by atoms with Crippen molar-refractivity contribution in [2.24, 2.45) is 0 Å². The number of nitrogen functional groups attached to an aromatic ring is 1. The van der Waals surface area contributed by atoms with Crippen molar-refractivity contribution in [2.75, 3.05) is 12.3 Å². The molecule has 1 fully saturated rings. The van der Waals surface area contributed by atoms with Crippen molar-refractivity contribution < 1.29 is 9.21 Å². The molecule has 1 saturated carbocycles. The minimum absolute atomic E-state index is 0.0362. The van der Waals surface area contributed by atoms with Crippen LogP contribution in [0.25, 0.3) is 0 Å². The summed E-state index contributed by atoms with van der Waals surface area (Å²) in [5, 5.41) is 0. The third kappa shape index (κ3) is 1.84. The minimum Gasteiger partial charge on any atom is -0.418 e. The Hall–Kier alpha value is -2.30. The molecular formula is C16H17N3O2. The zero-order valence-electron chi connectivity index (χ0n) is 11.7. The number of oxazole rings is 1. The molecule has 5 heteroatoms. The first-order chi connectivity index (χ1) is 10.2. The lowest BCUT2D eigenvalue weighted by atomic mass is 9.61. The molecule has 1 aromatic carbocycles. The van der Waals surface area contributed by atoms with Crippen molar-refractivity contribution >= 4 is 11.9 Å².